The second-order valence-corrected chi connectivity index (χ2v) is 12.1. The highest BCUT2D eigenvalue weighted by Gasteiger charge is 2.23. The first-order valence-electron chi connectivity index (χ1n) is 16.2. The van der Waals surface area contributed by atoms with Crippen molar-refractivity contribution < 1.29 is 9.59 Å². The van der Waals surface area contributed by atoms with Crippen molar-refractivity contribution in [2.24, 2.45) is 9.98 Å². The lowest BCUT2D eigenvalue weighted by atomic mass is 10.0. The van der Waals surface area contributed by atoms with Crippen molar-refractivity contribution in [3.05, 3.63) is 105 Å². The van der Waals surface area contributed by atoms with Crippen molar-refractivity contribution in [2.75, 3.05) is 10.6 Å². The van der Waals surface area contributed by atoms with E-state index in [0.717, 1.165) is 48.5 Å². The molecule has 5 aromatic rings. The number of aromatic nitrogens is 3. The van der Waals surface area contributed by atoms with E-state index in [-0.39, 0.29) is 11.8 Å². The smallest absolute Gasteiger partial charge is 0.272 e. The third-order valence-electron chi connectivity index (χ3n) is 9.06. The van der Waals surface area contributed by atoms with E-state index in [9.17, 15) is 9.59 Å². The summed E-state index contributed by atoms with van der Waals surface area (Å²) in [6.07, 6.45) is 7.48. The molecule has 1 aliphatic heterocycles. The van der Waals surface area contributed by atoms with Crippen molar-refractivity contribution in [1.29, 1.82) is 0 Å². The maximum atomic E-state index is 13.6. The van der Waals surface area contributed by atoms with E-state index < -0.39 is 0 Å². The van der Waals surface area contributed by atoms with Crippen molar-refractivity contribution >= 4 is 47.0 Å². The van der Waals surface area contributed by atoms with Crippen LogP contribution in [-0.2, 0) is 12.8 Å². The van der Waals surface area contributed by atoms with E-state index in [1.807, 2.05) is 74.8 Å². The van der Waals surface area contributed by atoms with Crippen molar-refractivity contribution in [3.8, 4) is 11.4 Å². The number of aliphatic imine (C=N–C) groups is 2. The number of nitrogens with zero attached hydrogens (tertiary/aromatic N) is 2. The van der Waals surface area contributed by atoms with Crippen LogP contribution < -0.4 is 10.6 Å². The van der Waals surface area contributed by atoms with Gasteiger partial charge in [-0.1, -0.05) is 51.0 Å². The minimum atomic E-state index is -0.353. The summed E-state index contributed by atoms with van der Waals surface area (Å²) in [5.41, 5.74) is 13.1. The third kappa shape index (κ3) is 5.96. The number of hydrogen-bond acceptors (Lipinski definition) is 4. The summed E-state index contributed by atoms with van der Waals surface area (Å²) in [7, 11) is 0. The van der Waals surface area contributed by atoms with Crippen LogP contribution in [0.5, 0.6) is 0 Å². The van der Waals surface area contributed by atoms with Gasteiger partial charge in [-0.2, -0.15) is 0 Å². The summed E-state index contributed by atoms with van der Waals surface area (Å²) >= 11 is 0. The van der Waals surface area contributed by atoms with Crippen LogP contribution in [0.15, 0.2) is 58.5 Å². The standard InChI is InChI=1S/C38H41N7O2/c1-7-13-25-23(5)33-34-24(6)26(14-8-2)32(42-34)20-40-28-16-10-12-18-30(28)44-38(47)36-22(4)21(3)35(45-36)37(46)43-29-17-11-9-15-27(29)39-19-31(25)41-33/h9-12,15-20,41-42,45H,7-8,13-14H2,1-6H3,(H,43,46)(H,44,47). The molecular weight excluding hydrogens is 586 g/mol. The van der Waals surface area contributed by atoms with Gasteiger partial charge in [-0.25, -0.2) is 0 Å². The second kappa shape index (κ2) is 13.1. The molecule has 3 aromatic heterocycles. The summed E-state index contributed by atoms with van der Waals surface area (Å²) in [6, 6.07) is 14.9. The summed E-state index contributed by atoms with van der Waals surface area (Å²) in [6.45, 7) is 12.3. The molecule has 240 valence electrons. The van der Waals surface area contributed by atoms with Crippen LogP contribution in [0.2, 0.25) is 0 Å². The molecule has 0 saturated carbocycles. The molecule has 9 heteroatoms. The molecule has 2 aromatic carbocycles. The van der Waals surface area contributed by atoms with Crippen LogP contribution in [-0.4, -0.2) is 39.2 Å². The van der Waals surface area contributed by atoms with Crippen LogP contribution >= 0.6 is 0 Å². The zero-order valence-electron chi connectivity index (χ0n) is 27.8. The molecule has 47 heavy (non-hydrogen) atoms. The first-order chi connectivity index (χ1) is 22.7. The zero-order valence-corrected chi connectivity index (χ0v) is 27.8. The number of aromatic amines is 3. The Bertz CT molecular complexity index is 1910. The maximum absolute atomic E-state index is 13.6. The molecule has 4 heterocycles. The zero-order chi connectivity index (χ0) is 33.2. The van der Waals surface area contributed by atoms with E-state index in [4.69, 9.17) is 9.98 Å². The van der Waals surface area contributed by atoms with Crippen LogP contribution in [0.25, 0.3) is 11.4 Å². The molecule has 0 radical (unpaired) electrons. The highest BCUT2D eigenvalue weighted by atomic mass is 16.2. The molecule has 0 atom stereocenters. The fourth-order valence-electron chi connectivity index (χ4n) is 6.34. The number of carbonyl (C=O) groups excluding carboxylic acids is 2. The highest BCUT2D eigenvalue weighted by molar-refractivity contribution is 6.10. The van der Waals surface area contributed by atoms with E-state index in [1.54, 1.807) is 0 Å². The molecular formula is C38H41N7O2. The highest BCUT2D eigenvalue weighted by Crippen LogP contribution is 2.34. The van der Waals surface area contributed by atoms with Gasteiger partial charge in [-0.15, -0.1) is 0 Å². The Kier molecular flexibility index (Phi) is 8.80. The Hall–Kier alpha value is -5.44. The van der Waals surface area contributed by atoms with Gasteiger partial charge in [0.1, 0.15) is 11.4 Å². The summed E-state index contributed by atoms with van der Waals surface area (Å²) < 4.78 is 0. The largest absolute Gasteiger partial charge is 0.352 e. The van der Waals surface area contributed by atoms with Gasteiger partial charge in [0, 0.05) is 0 Å². The number of fused-ring (bicyclic) bond motifs is 9. The molecule has 0 aliphatic carbocycles. The van der Waals surface area contributed by atoms with Gasteiger partial charge in [0.15, 0.2) is 0 Å². The number of rotatable bonds is 4. The number of carbonyl (C=O) groups is 2. The minimum absolute atomic E-state index is 0.319. The molecule has 9 nitrogen and oxygen atoms in total. The van der Waals surface area contributed by atoms with E-state index in [1.165, 1.54) is 22.3 Å². The van der Waals surface area contributed by atoms with Crippen LogP contribution in [0, 0.1) is 27.7 Å². The topological polar surface area (TPSA) is 130 Å². The fourth-order valence-corrected chi connectivity index (χ4v) is 6.34. The van der Waals surface area contributed by atoms with E-state index in [2.05, 4.69) is 53.3 Å². The number of H-pyrrole nitrogens is 3. The van der Waals surface area contributed by atoms with Crippen molar-refractivity contribution in [1.82, 2.24) is 15.0 Å². The van der Waals surface area contributed by atoms with Crippen molar-refractivity contribution in [3.63, 3.8) is 0 Å². The second-order valence-electron chi connectivity index (χ2n) is 12.1. The van der Waals surface area contributed by atoms with Gasteiger partial charge in [0.05, 0.1) is 58.0 Å². The first-order valence-corrected chi connectivity index (χ1v) is 16.2. The molecule has 0 unspecified atom stereocenters. The lowest BCUT2D eigenvalue weighted by Crippen LogP contribution is -2.16. The number of hydrogen-bond donors (Lipinski definition) is 5. The summed E-state index contributed by atoms with van der Waals surface area (Å²) in [5, 5.41) is 6.03. The number of amides is 2. The fraction of sp³-hybridized carbons (Fsp3) is 0.263. The van der Waals surface area contributed by atoms with Gasteiger partial charge in [0.25, 0.3) is 11.8 Å². The molecule has 6 rings (SSSR count). The SMILES string of the molecule is CCCc1c2[nH]c(c1C)-c1[nH]c(c(CCC)c1C)C=Nc1ccccc1NC(=O)c1[nH]c(c(C)c1C)C(=O)Nc1ccccc1N=C2. The molecule has 0 fully saturated rings. The van der Waals surface area contributed by atoms with Crippen LogP contribution in [0.4, 0.5) is 22.7 Å². The van der Waals surface area contributed by atoms with Gasteiger partial charge in [-0.05, 0) is 98.2 Å². The maximum Gasteiger partial charge on any atom is 0.272 e. The molecule has 1 aliphatic rings. The lowest BCUT2D eigenvalue weighted by Gasteiger charge is -2.09. The van der Waals surface area contributed by atoms with Gasteiger partial charge >= 0.3 is 0 Å². The number of anilines is 2. The van der Waals surface area contributed by atoms with Gasteiger partial charge in [-0.3, -0.25) is 19.6 Å². The summed E-state index contributed by atoms with van der Waals surface area (Å²) in [4.78, 5) is 47.3. The molecule has 2 amide bonds. The quantitative estimate of drug-likeness (QED) is 0.136. The minimum Gasteiger partial charge on any atom is -0.352 e. The Labute approximate surface area is 275 Å². The third-order valence-corrected chi connectivity index (χ3v) is 9.06. The molecule has 5 N–H and O–H groups in total. The Morgan fingerprint density at radius 1 is 0.532 bits per heavy atom. The van der Waals surface area contributed by atoms with Crippen molar-refractivity contribution in [2.45, 2.75) is 67.2 Å². The number of benzene rings is 2. The van der Waals surface area contributed by atoms with Gasteiger partial charge < -0.3 is 25.6 Å². The predicted octanol–water partition coefficient (Wildman–Crippen LogP) is 8.80. The Morgan fingerprint density at radius 3 is 1.34 bits per heavy atom. The number of para-hydroxylation sites is 4. The first kappa shape index (κ1) is 31.5. The number of nitrogens with one attached hydrogen (secondary N) is 5. The Balaban J connectivity index is 1.56. The lowest BCUT2D eigenvalue weighted by molar-refractivity contribution is 0.102. The normalized spacial score (nSPS) is 13.1. The summed E-state index contributed by atoms with van der Waals surface area (Å²) in [5.74, 6) is -0.706. The molecule has 0 saturated heterocycles. The molecule has 6 bridgehead atoms. The molecule has 0 spiro atoms. The van der Waals surface area contributed by atoms with E-state index >= 15 is 0 Å². The van der Waals surface area contributed by atoms with Crippen LogP contribution in [0.3, 0.4) is 0 Å². The van der Waals surface area contributed by atoms with Gasteiger partial charge in [0.2, 0.25) is 0 Å². The average Bonchev–Trinajstić information content (AvgIpc) is 3.66. The average molecular weight is 628 g/mol. The Morgan fingerprint density at radius 2 is 0.936 bits per heavy atom. The monoisotopic (exact) mass is 627 g/mol. The predicted molar refractivity (Wildman–Crippen MR) is 192 cm³/mol. The van der Waals surface area contributed by atoms with E-state index in [0.29, 0.717) is 45.3 Å². The van der Waals surface area contributed by atoms with Crippen LogP contribution in [0.1, 0.15) is 92.4 Å².